The zero-order chi connectivity index (χ0) is 27.5. The number of rotatable bonds is 8. The second-order valence-electron chi connectivity index (χ2n) is 10.3. The van der Waals surface area contributed by atoms with Gasteiger partial charge in [-0.15, -0.1) is 0 Å². The van der Waals surface area contributed by atoms with Crippen LogP contribution in [-0.4, -0.2) is 25.1 Å². The number of nitrogens with two attached hydrogens (primary N) is 1. The summed E-state index contributed by atoms with van der Waals surface area (Å²) in [5.41, 5.74) is 12.0. The zero-order valence-electron chi connectivity index (χ0n) is 22.3. The maximum Gasteiger partial charge on any atom is 0.142 e. The number of aldehydes is 1. The van der Waals surface area contributed by atoms with Crippen LogP contribution >= 0.6 is 0 Å². The van der Waals surface area contributed by atoms with Gasteiger partial charge in [-0.05, 0) is 97.2 Å². The fourth-order valence-corrected chi connectivity index (χ4v) is 5.60. The topological polar surface area (TPSA) is 58.7 Å². The standard InChI is InChI=1S/C33H33F2N3O/c1-3-37-20-27(19-36)25-10-13-29-26(18-25)15-21(2)38(28-11-8-24(9-12-28)23-6-7-23)33(29)32-30(34)16-22(5-4-14-39)17-31(32)35/h4-5,8-14,16-21,23,33H,3,6-7,15,36H2,1-2H3/b5-4+,27-19?,37-20?/t21-,33?/m1/s1. The van der Waals surface area contributed by atoms with Crippen molar-refractivity contribution in [3.63, 3.8) is 0 Å². The lowest BCUT2D eigenvalue weighted by Gasteiger charge is -2.44. The molecule has 1 heterocycles. The van der Waals surface area contributed by atoms with E-state index in [-0.39, 0.29) is 11.6 Å². The van der Waals surface area contributed by atoms with Crippen molar-refractivity contribution in [3.8, 4) is 0 Å². The van der Waals surface area contributed by atoms with Crippen LogP contribution in [-0.2, 0) is 11.2 Å². The molecule has 39 heavy (non-hydrogen) atoms. The predicted molar refractivity (Wildman–Crippen MR) is 155 cm³/mol. The lowest BCUT2D eigenvalue weighted by atomic mass is 9.82. The molecule has 2 aliphatic rings. The number of benzene rings is 3. The Kier molecular flexibility index (Phi) is 7.73. The minimum Gasteiger partial charge on any atom is -0.404 e. The number of carbonyl (C=O) groups excluding carboxylic acids is 1. The molecule has 4 nitrogen and oxygen atoms in total. The third-order valence-corrected chi connectivity index (χ3v) is 7.61. The molecule has 2 atom stereocenters. The monoisotopic (exact) mass is 525 g/mol. The number of hydrogen-bond acceptors (Lipinski definition) is 4. The number of carbonyl (C=O) groups is 1. The van der Waals surface area contributed by atoms with Crippen molar-refractivity contribution in [2.75, 3.05) is 11.4 Å². The molecule has 0 amide bonds. The number of fused-ring (bicyclic) bond motifs is 1. The van der Waals surface area contributed by atoms with Gasteiger partial charge in [-0.2, -0.15) is 0 Å². The van der Waals surface area contributed by atoms with E-state index in [1.54, 1.807) is 6.21 Å². The molecule has 1 fully saturated rings. The third kappa shape index (κ3) is 5.42. The van der Waals surface area contributed by atoms with E-state index in [9.17, 15) is 4.79 Å². The summed E-state index contributed by atoms with van der Waals surface area (Å²) >= 11 is 0. The van der Waals surface area contributed by atoms with E-state index in [1.165, 1.54) is 48.9 Å². The van der Waals surface area contributed by atoms with E-state index in [0.717, 1.165) is 28.0 Å². The molecule has 0 radical (unpaired) electrons. The maximum absolute atomic E-state index is 15.8. The van der Waals surface area contributed by atoms with Crippen LogP contribution < -0.4 is 10.6 Å². The Morgan fingerprint density at radius 3 is 2.41 bits per heavy atom. The molecule has 1 saturated carbocycles. The van der Waals surface area contributed by atoms with Gasteiger partial charge >= 0.3 is 0 Å². The Morgan fingerprint density at radius 1 is 1.08 bits per heavy atom. The van der Waals surface area contributed by atoms with Gasteiger partial charge in [0.1, 0.15) is 17.9 Å². The molecule has 3 aromatic carbocycles. The smallest absolute Gasteiger partial charge is 0.142 e. The average molecular weight is 526 g/mol. The number of halogens is 2. The summed E-state index contributed by atoms with van der Waals surface area (Å²) < 4.78 is 31.6. The van der Waals surface area contributed by atoms with E-state index < -0.39 is 17.7 Å². The van der Waals surface area contributed by atoms with Gasteiger partial charge in [0.15, 0.2) is 0 Å². The van der Waals surface area contributed by atoms with E-state index in [0.29, 0.717) is 30.7 Å². The van der Waals surface area contributed by atoms with E-state index >= 15 is 8.78 Å². The summed E-state index contributed by atoms with van der Waals surface area (Å²) in [7, 11) is 0. The Morgan fingerprint density at radius 2 is 1.79 bits per heavy atom. The SMILES string of the molecule is CCN=CC(=CN)c1ccc2c(c1)C[C@@H](C)N(c1ccc(C3CC3)cc1)C2c1c(F)cc(/C=C/C=O)cc1F. The second-order valence-corrected chi connectivity index (χ2v) is 10.3. The van der Waals surface area contributed by atoms with E-state index in [4.69, 9.17) is 5.73 Å². The highest BCUT2D eigenvalue weighted by Gasteiger charge is 2.37. The van der Waals surface area contributed by atoms with Crippen LogP contribution in [0, 0.1) is 11.6 Å². The Hall–Kier alpha value is -4.06. The predicted octanol–water partition coefficient (Wildman–Crippen LogP) is 6.99. The first-order chi connectivity index (χ1) is 18.9. The fourth-order valence-electron chi connectivity index (χ4n) is 5.60. The van der Waals surface area contributed by atoms with Gasteiger partial charge in [0, 0.05) is 36.3 Å². The lowest BCUT2D eigenvalue weighted by Crippen LogP contribution is -2.43. The zero-order valence-corrected chi connectivity index (χ0v) is 22.3. The highest BCUT2D eigenvalue weighted by molar-refractivity contribution is 6.09. The van der Waals surface area contributed by atoms with Crippen molar-refractivity contribution >= 4 is 29.8 Å². The number of allylic oxidation sites excluding steroid dienone is 2. The summed E-state index contributed by atoms with van der Waals surface area (Å²) in [4.78, 5) is 17.2. The molecule has 5 rings (SSSR count). The summed E-state index contributed by atoms with van der Waals surface area (Å²) in [6, 6.07) is 16.2. The molecule has 0 bridgehead atoms. The first-order valence-electron chi connectivity index (χ1n) is 13.5. The van der Waals surface area contributed by atoms with Gasteiger partial charge < -0.3 is 10.6 Å². The van der Waals surface area contributed by atoms with Crippen LogP contribution in [0.3, 0.4) is 0 Å². The van der Waals surface area contributed by atoms with Crippen LogP contribution in [0.25, 0.3) is 11.6 Å². The Bertz CT molecular complexity index is 1430. The summed E-state index contributed by atoms with van der Waals surface area (Å²) in [6.07, 6.45) is 9.62. The van der Waals surface area contributed by atoms with Gasteiger partial charge in [0.2, 0.25) is 0 Å². The quantitative estimate of drug-likeness (QED) is 0.196. The van der Waals surface area contributed by atoms with Gasteiger partial charge in [0.25, 0.3) is 0 Å². The van der Waals surface area contributed by atoms with Gasteiger partial charge in [-0.3, -0.25) is 9.79 Å². The van der Waals surface area contributed by atoms with Crippen LogP contribution in [0.1, 0.15) is 72.0 Å². The van der Waals surface area contributed by atoms with Crippen LogP contribution in [0.5, 0.6) is 0 Å². The van der Waals surface area contributed by atoms with Gasteiger partial charge in [0.05, 0.1) is 11.6 Å². The molecule has 0 aromatic heterocycles. The number of anilines is 1. The Labute approximate surface area is 228 Å². The molecule has 1 unspecified atom stereocenters. The van der Waals surface area contributed by atoms with Crippen molar-refractivity contribution in [3.05, 3.63) is 112 Å². The first-order valence-corrected chi connectivity index (χ1v) is 13.5. The minimum atomic E-state index is -0.678. The average Bonchev–Trinajstić information content (AvgIpc) is 3.78. The number of nitrogens with zero attached hydrogens (tertiary/aromatic N) is 2. The van der Waals surface area contributed by atoms with E-state index in [2.05, 4.69) is 47.1 Å². The molecule has 0 spiro atoms. The lowest BCUT2D eigenvalue weighted by molar-refractivity contribution is -0.104. The largest absolute Gasteiger partial charge is 0.404 e. The first kappa shape index (κ1) is 26.5. The molecular weight excluding hydrogens is 492 g/mol. The Balaban J connectivity index is 1.65. The van der Waals surface area contributed by atoms with Crippen molar-refractivity contribution in [1.29, 1.82) is 0 Å². The summed E-state index contributed by atoms with van der Waals surface area (Å²) in [5.74, 6) is -0.672. The van der Waals surface area contributed by atoms with E-state index in [1.807, 2.05) is 19.1 Å². The molecule has 6 heteroatoms. The molecule has 0 saturated heterocycles. The fraction of sp³-hybridized carbons (Fsp3) is 0.273. The molecular formula is C33H33F2N3O. The van der Waals surface area contributed by atoms with Crippen molar-refractivity contribution in [2.45, 2.75) is 51.1 Å². The minimum absolute atomic E-state index is 0.00721. The summed E-state index contributed by atoms with van der Waals surface area (Å²) in [6.45, 7) is 4.69. The van der Waals surface area contributed by atoms with Crippen LogP contribution in [0.15, 0.2) is 71.9 Å². The van der Waals surface area contributed by atoms with Gasteiger partial charge in [-0.1, -0.05) is 36.4 Å². The molecule has 200 valence electrons. The number of aliphatic imine (C=N–C) groups is 1. The highest BCUT2D eigenvalue weighted by atomic mass is 19.1. The molecule has 3 aromatic rings. The van der Waals surface area contributed by atoms with Crippen molar-refractivity contribution in [2.24, 2.45) is 10.7 Å². The molecule has 2 N–H and O–H groups in total. The molecule has 1 aliphatic heterocycles. The third-order valence-electron chi connectivity index (χ3n) is 7.61. The molecule has 1 aliphatic carbocycles. The van der Waals surface area contributed by atoms with Crippen molar-refractivity contribution in [1.82, 2.24) is 0 Å². The summed E-state index contributed by atoms with van der Waals surface area (Å²) in [5, 5.41) is 0. The van der Waals surface area contributed by atoms with Crippen LogP contribution in [0.2, 0.25) is 0 Å². The normalized spacial score (nSPS) is 19.6. The number of hydrogen-bond donors (Lipinski definition) is 1. The van der Waals surface area contributed by atoms with Crippen molar-refractivity contribution < 1.29 is 13.6 Å². The van der Waals surface area contributed by atoms with Gasteiger partial charge in [-0.25, -0.2) is 8.78 Å². The van der Waals surface area contributed by atoms with Crippen LogP contribution in [0.4, 0.5) is 14.5 Å². The maximum atomic E-state index is 15.8. The second kappa shape index (κ2) is 11.4. The highest BCUT2D eigenvalue weighted by Crippen LogP contribution is 2.45.